The highest BCUT2D eigenvalue weighted by atomic mass is 35.5. The van der Waals surface area contributed by atoms with E-state index in [1.807, 2.05) is 0 Å². The Morgan fingerprint density at radius 3 is 2.41 bits per heavy atom. The topological polar surface area (TPSA) is 81.4 Å². The average Bonchev–Trinajstić information content (AvgIpc) is 3.32. The van der Waals surface area contributed by atoms with Crippen molar-refractivity contribution in [3.8, 4) is 22.8 Å². The Bertz CT molecular complexity index is 1290. The maximum Gasteiger partial charge on any atom is 0.390 e. The number of nitrogens with zero attached hydrogens (tertiary/aromatic N) is 5. The highest BCUT2D eigenvalue weighted by Gasteiger charge is 2.28. The minimum Gasteiger partial charge on any atom is -0.323 e. The van der Waals surface area contributed by atoms with E-state index >= 15 is 0 Å². The van der Waals surface area contributed by atoms with Gasteiger partial charge in [0.2, 0.25) is 0 Å². The van der Waals surface area contributed by atoms with E-state index in [1.54, 1.807) is 48.5 Å². The van der Waals surface area contributed by atoms with Crippen molar-refractivity contribution in [2.45, 2.75) is 25.7 Å². The van der Waals surface area contributed by atoms with Gasteiger partial charge in [-0.3, -0.25) is 4.57 Å². The first-order valence-electron chi connectivity index (χ1n) is 9.38. The lowest BCUT2D eigenvalue weighted by molar-refractivity contribution is -0.136. The van der Waals surface area contributed by atoms with Crippen molar-refractivity contribution in [1.82, 2.24) is 29.5 Å². The van der Waals surface area contributed by atoms with Gasteiger partial charge >= 0.3 is 11.9 Å². The predicted octanol–water partition coefficient (Wildman–Crippen LogP) is 4.80. The molecule has 0 saturated carbocycles. The number of aromatic nitrogens is 6. The molecule has 12 heteroatoms. The number of rotatable bonds is 6. The van der Waals surface area contributed by atoms with E-state index in [0.29, 0.717) is 32.8 Å². The SMILES string of the molecule is O=c1n(Cc2nnc(-c3ccccc3Cl)[nH]2)nc(-c2ccc(Cl)cc2)n1CCC(F)(F)F. The van der Waals surface area contributed by atoms with Crippen LogP contribution < -0.4 is 5.69 Å². The zero-order valence-electron chi connectivity index (χ0n) is 16.3. The van der Waals surface area contributed by atoms with Crippen LogP contribution in [0.5, 0.6) is 0 Å². The van der Waals surface area contributed by atoms with Crippen LogP contribution in [0, 0.1) is 0 Å². The molecule has 0 aliphatic heterocycles. The smallest absolute Gasteiger partial charge is 0.323 e. The number of H-pyrrole nitrogens is 1. The van der Waals surface area contributed by atoms with E-state index in [0.717, 1.165) is 9.25 Å². The van der Waals surface area contributed by atoms with Gasteiger partial charge in [-0.05, 0) is 36.4 Å². The molecule has 1 N–H and O–H groups in total. The first-order valence-corrected chi connectivity index (χ1v) is 10.1. The zero-order valence-corrected chi connectivity index (χ0v) is 17.8. The molecule has 0 fully saturated rings. The minimum absolute atomic E-state index is 0.0989. The summed E-state index contributed by atoms with van der Waals surface area (Å²) < 4.78 is 40.5. The molecular formula is C20H15Cl2F3N6O. The number of hydrogen-bond acceptors (Lipinski definition) is 4. The van der Waals surface area contributed by atoms with Crippen molar-refractivity contribution < 1.29 is 13.2 Å². The second-order valence-corrected chi connectivity index (χ2v) is 7.73. The molecule has 2 aromatic heterocycles. The van der Waals surface area contributed by atoms with Crippen molar-refractivity contribution in [2.75, 3.05) is 0 Å². The number of alkyl halides is 3. The van der Waals surface area contributed by atoms with Crippen LogP contribution in [0.1, 0.15) is 12.2 Å². The Morgan fingerprint density at radius 2 is 1.72 bits per heavy atom. The summed E-state index contributed by atoms with van der Waals surface area (Å²) in [5.74, 6) is 0.792. The summed E-state index contributed by atoms with van der Waals surface area (Å²) in [5.41, 5.74) is 0.384. The van der Waals surface area contributed by atoms with E-state index in [-0.39, 0.29) is 12.4 Å². The Labute approximate surface area is 189 Å². The second-order valence-electron chi connectivity index (χ2n) is 6.89. The molecule has 4 aromatic rings. The minimum atomic E-state index is -4.42. The van der Waals surface area contributed by atoms with Crippen molar-refractivity contribution >= 4 is 23.2 Å². The van der Waals surface area contributed by atoms with E-state index in [9.17, 15) is 18.0 Å². The molecule has 4 rings (SSSR count). The largest absolute Gasteiger partial charge is 0.390 e. The molecule has 0 radical (unpaired) electrons. The average molecular weight is 483 g/mol. The number of aromatic amines is 1. The summed E-state index contributed by atoms with van der Waals surface area (Å²) in [5, 5.41) is 13.2. The van der Waals surface area contributed by atoms with Crippen LogP contribution in [-0.2, 0) is 13.1 Å². The van der Waals surface area contributed by atoms with Gasteiger partial charge in [-0.1, -0.05) is 35.3 Å². The van der Waals surface area contributed by atoms with Crippen molar-refractivity contribution in [3.63, 3.8) is 0 Å². The zero-order chi connectivity index (χ0) is 22.9. The van der Waals surface area contributed by atoms with Gasteiger partial charge < -0.3 is 4.98 Å². The molecule has 166 valence electrons. The summed E-state index contributed by atoms with van der Waals surface area (Å²) in [7, 11) is 0. The fraction of sp³-hybridized carbons (Fsp3) is 0.200. The third-order valence-corrected chi connectivity index (χ3v) is 5.19. The maximum absolute atomic E-state index is 12.9. The Hall–Kier alpha value is -3.11. The lowest BCUT2D eigenvalue weighted by Gasteiger charge is -2.08. The monoisotopic (exact) mass is 482 g/mol. The van der Waals surface area contributed by atoms with Crippen LogP contribution in [0.4, 0.5) is 13.2 Å². The molecule has 32 heavy (non-hydrogen) atoms. The van der Waals surface area contributed by atoms with Crippen molar-refractivity contribution in [3.05, 3.63) is 74.9 Å². The quantitative estimate of drug-likeness (QED) is 0.427. The third-order valence-electron chi connectivity index (χ3n) is 4.61. The number of halogens is 5. The molecule has 0 aliphatic rings. The fourth-order valence-electron chi connectivity index (χ4n) is 3.08. The molecule has 0 aliphatic carbocycles. The van der Waals surface area contributed by atoms with Crippen LogP contribution in [0.2, 0.25) is 10.0 Å². The van der Waals surface area contributed by atoms with Crippen LogP contribution in [0.15, 0.2) is 53.3 Å². The van der Waals surface area contributed by atoms with Gasteiger partial charge in [0, 0.05) is 22.7 Å². The van der Waals surface area contributed by atoms with Crippen LogP contribution in [0.3, 0.4) is 0 Å². The van der Waals surface area contributed by atoms with Gasteiger partial charge in [0.15, 0.2) is 17.5 Å². The molecule has 0 unspecified atom stereocenters. The highest BCUT2D eigenvalue weighted by Crippen LogP contribution is 2.25. The highest BCUT2D eigenvalue weighted by molar-refractivity contribution is 6.33. The lowest BCUT2D eigenvalue weighted by Crippen LogP contribution is -2.27. The molecule has 0 bridgehead atoms. The standard InChI is InChI=1S/C20H15Cl2F3N6O/c21-13-7-5-12(6-8-13)18-29-31(19(32)30(18)10-9-20(23,24)25)11-16-26-17(28-27-16)14-3-1-2-4-15(14)22/h1-8H,9-11H2,(H,26,27,28). The van der Waals surface area contributed by atoms with E-state index < -0.39 is 24.8 Å². The fourth-order valence-corrected chi connectivity index (χ4v) is 3.43. The normalized spacial score (nSPS) is 11.8. The molecule has 2 heterocycles. The second kappa shape index (κ2) is 8.79. The number of hydrogen-bond donors (Lipinski definition) is 1. The number of benzene rings is 2. The summed E-state index contributed by atoms with van der Waals surface area (Å²) in [6.07, 6.45) is -5.59. The van der Waals surface area contributed by atoms with Gasteiger partial charge in [0.1, 0.15) is 6.54 Å². The molecule has 2 aromatic carbocycles. The van der Waals surface area contributed by atoms with E-state index in [2.05, 4.69) is 20.3 Å². The van der Waals surface area contributed by atoms with E-state index in [4.69, 9.17) is 23.2 Å². The summed E-state index contributed by atoms with van der Waals surface area (Å²) in [6.45, 7) is -0.683. The predicted molar refractivity (Wildman–Crippen MR) is 114 cm³/mol. The summed E-state index contributed by atoms with van der Waals surface area (Å²) in [4.78, 5) is 15.8. The van der Waals surface area contributed by atoms with E-state index in [1.165, 1.54) is 0 Å². The van der Waals surface area contributed by atoms with Gasteiger partial charge in [-0.25, -0.2) is 9.48 Å². The van der Waals surface area contributed by atoms with Gasteiger partial charge in [-0.2, -0.15) is 13.2 Å². The summed E-state index contributed by atoms with van der Waals surface area (Å²) in [6, 6.07) is 13.3. The molecule has 0 atom stereocenters. The molecule has 0 amide bonds. The van der Waals surface area contributed by atoms with Crippen molar-refractivity contribution in [2.24, 2.45) is 0 Å². The van der Waals surface area contributed by atoms with Gasteiger partial charge in [0.05, 0.1) is 11.4 Å². The van der Waals surface area contributed by atoms with Crippen LogP contribution in [0.25, 0.3) is 22.8 Å². The Kier molecular flexibility index (Phi) is 6.07. The number of nitrogens with one attached hydrogen (secondary N) is 1. The van der Waals surface area contributed by atoms with Crippen LogP contribution in [-0.4, -0.2) is 35.7 Å². The van der Waals surface area contributed by atoms with Crippen LogP contribution >= 0.6 is 23.2 Å². The molecular weight excluding hydrogens is 468 g/mol. The Balaban J connectivity index is 1.68. The molecule has 0 spiro atoms. The maximum atomic E-state index is 12.9. The van der Waals surface area contributed by atoms with Gasteiger partial charge in [0.25, 0.3) is 0 Å². The van der Waals surface area contributed by atoms with Crippen molar-refractivity contribution in [1.29, 1.82) is 0 Å². The Morgan fingerprint density at radius 1 is 1.00 bits per heavy atom. The molecule has 0 saturated heterocycles. The summed E-state index contributed by atoms with van der Waals surface area (Å²) >= 11 is 12.1. The molecule has 7 nitrogen and oxygen atoms in total. The first kappa shape index (κ1) is 22.1. The van der Waals surface area contributed by atoms with Gasteiger partial charge in [-0.15, -0.1) is 15.3 Å². The first-order chi connectivity index (χ1) is 15.2. The lowest BCUT2D eigenvalue weighted by atomic mass is 10.2. The third kappa shape index (κ3) is 4.86.